The molecule has 12 heavy (non-hydrogen) atoms. The van der Waals surface area contributed by atoms with Gasteiger partial charge < -0.3 is 0 Å². The molecule has 1 fully saturated rings. The highest BCUT2D eigenvalue weighted by Crippen LogP contribution is 2.18. The van der Waals surface area contributed by atoms with E-state index in [9.17, 15) is 4.79 Å². The minimum Gasteiger partial charge on any atom is -0.298 e. The highest BCUT2D eigenvalue weighted by molar-refractivity contribution is 8.23. The first-order chi connectivity index (χ1) is 5.75. The van der Waals surface area contributed by atoms with Crippen LogP contribution in [0.1, 0.15) is 12.8 Å². The molecule has 1 rings (SSSR count). The highest BCUT2D eigenvalue weighted by atomic mass is 35.5. The zero-order valence-electron chi connectivity index (χ0n) is 6.59. The van der Waals surface area contributed by atoms with E-state index >= 15 is 0 Å². The van der Waals surface area contributed by atoms with Gasteiger partial charge in [0.15, 0.2) is 0 Å². The molecule has 2 nitrogen and oxygen atoms in total. The first-order valence-corrected chi connectivity index (χ1v) is 5.71. The first kappa shape index (κ1) is 10.3. The normalized spacial score (nSPS) is 18.1. The van der Waals surface area contributed by atoms with Crippen molar-refractivity contribution in [3.05, 3.63) is 0 Å². The summed E-state index contributed by atoms with van der Waals surface area (Å²) >= 11 is 12.1. The molecule has 1 amide bonds. The number of hydrogen-bond acceptors (Lipinski definition) is 3. The number of thiocarbonyl (C=S) groups is 1. The molecule has 0 aromatic carbocycles. The zero-order valence-corrected chi connectivity index (χ0v) is 8.97. The van der Waals surface area contributed by atoms with Crippen LogP contribution in [0.4, 0.5) is 0 Å². The Morgan fingerprint density at radius 2 is 2.50 bits per heavy atom. The van der Waals surface area contributed by atoms with E-state index in [0.717, 1.165) is 18.7 Å². The lowest BCUT2D eigenvalue weighted by atomic mass is 10.3. The van der Waals surface area contributed by atoms with Gasteiger partial charge in [-0.2, -0.15) is 0 Å². The summed E-state index contributed by atoms with van der Waals surface area (Å²) in [5.41, 5.74) is 0. The number of alkyl halides is 1. The maximum Gasteiger partial charge on any atom is 0.229 e. The Bertz CT molecular complexity index is 198. The third-order valence-electron chi connectivity index (χ3n) is 1.58. The fourth-order valence-corrected chi connectivity index (χ4v) is 2.40. The molecule has 1 saturated heterocycles. The molecule has 0 aromatic heterocycles. The smallest absolute Gasteiger partial charge is 0.229 e. The van der Waals surface area contributed by atoms with Gasteiger partial charge in [-0.3, -0.25) is 9.69 Å². The second-order valence-electron chi connectivity index (χ2n) is 2.45. The van der Waals surface area contributed by atoms with Crippen LogP contribution in [0, 0.1) is 0 Å². The molecule has 0 aliphatic carbocycles. The molecule has 0 N–H and O–H groups in total. The van der Waals surface area contributed by atoms with Crippen LogP contribution < -0.4 is 0 Å². The third kappa shape index (κ3) is 2.61. The molecule has 5 heteroatoms. The fraction of sp³-hybridized carbons (Fsp3) is 0.714. The summed E-state index contributed by atoms with van der Waals surface area (Å²) in [7, 11) is 0. The van der Waals surface area contributed by atoms with Crippen molar-refractivity contribution >= 4 is 45.8 Å². The van der Waals surface area contributed by atoms with E-state index in [1.807, 2.05) is 0 Å². The number of thioether (sulfide) groups is 1. The molecule has 0 saturated carbocycles. The molecule has 68 valence electrons. The molecule has 0 atom stereocenters. The number of carbonyl (C=O) groups is 1. The number of hydrogen-bond donors (Lipinski definition) is 0. The van der Waals surface area contributed by atoms with Gasteiger partial charge in [-0.25, -0.2) is 0 Å². The van der Waals surface area contributed by atoms with Crippen LogP contribution in [0.5, 0.6) is 0 Å². The van der Waals surface area contributed by atoms with Gasteiger partial charge in [-0.05, 0) is 6.42 Å². The lowest BCUT2D eigenvalue weighted by Gasteiger charge is -2.26. The Labute approximate surface area is 86.6 Å². The molecular formula is C7H10ClNOS2. The summed E-state index contributed by atoms with van der Waals surface area (Å²) in [5.74, 6) is 1.47. The van der Waals surface area contributed by atoms with Crippen molar-refractivity contribution < 1.29 is 4.79 Å². The van der Waals surface area contributed by atoms with Crippen molar-refractivity contribution in [2.75, 3.05) is 18.2 Å². The van der Waals surface area contributed by atoms with Gasteiger partial charge in [-0.15, -0.1) is 11.6 Å². The molecule has 0 unspecified atom stereocenters. The maximum absolute atomic E-state index is 11.3. The second kappa shape index (κ2) is 5.04. The Hall–Kier alpha value is 0.200. The Balaban J connectivity index is 2.48. The van der Waals surface area contributed by atoms with Crippen molar-refractivity contribution in [1.82, 2.24) is 4.90 Å². The van der Waals surface area contributed by atoms with Gasteiger partial charge in [-0.1, -0.05) is 24.0 Å². The van der Waals surface area contributed by atoms with Crippen molar-refractivity contribution in [2.45, 2.75) is 12.8 Å². The summed E-state index contributed by atoms with van der Waals surface area (Å²) in [6.07, 6.45) is 1.42. The van der Waals surface area contributed by atoms with E-state index in [4.69, 9.17) is 23.8 Å². The van der Waals surface area contributed by atoms with Gasteiger partial charge in [0, 0.05) is 24.6 Å². The summed E-state index contributed by atoms with van der Waals surface area (Å²) in [6.45, 7) is 0.765. The lowest BCUT2D eigenvalue weighted by molar-refractivity contribution is -0.126. The molecule has 1 aliphatic rings. The largest absolute Gasteiger partial charge is 0.298 e. The van der Waals surface area contributed by atoms with E-state index in [2.05, 4.69) is 0 Å². The van der Waals surface area contributed by atoms with Crippen LogP contribution in [0.3, 0.4) is 0 Å². The van der Waals surface area contributed by atoms with Crippen LogP contribution in [0.15, 0.2) is 0 Å². The number of halogens is 1. The number of amides is 1. The van der Waals surface area contributed by atoms with Gasteiger partial charge in [0.2, 0.25) is 5.91 Å². The molecule has 0 bridgehead atoms. The number of nitrogens with zero attached hydrogens (tertiary/aromatic N) is 1. The predicted molar refractivity (Wildman–Crippen MR) is 56.7 cm³/mol. The van der Waals surface area contributed by atoms with Gasteiger partial charge in [0.1, 0.15) is 4.32 Å². The quantitative estimate of drug-likeness (QED) is 0.527. The maximum atomic E-state index is 11.3. The topological polar surface area (TPSA) is 20.3 Å². The fourth-order valence-electron chi connectivity index (χ4n) is 0.994. The summed E-state index contributed by atoms with van der Waals surface area (Å²) < 4.78 is 0.705. The standard InChI is InChI=1S/C7H10ClNOS2/c8-3-2-6(10)9-4-1-5-12-7(9)11/h1-5H2. The zero-order chi connectivity index (χ0) is 8.97. The number of carbonyl (C=O) groups excluding carboxylic acids is 1. The van der Waals surface area contributed by atoms with Crippen molar-refractivity contribution in [2.24, 2.45) is 0 Å². The summed E-state index contributed by atoms with van der Waals surface area (Å²) in [6, 6.07) is 0. The molecule has 0 spiro atoms. The van der Waals surface area contributed by atoms with E-state index in [-0.39, 0.29) is 5.91 Å². The Morgan fingerprint density at radius 1 is 1.75 bits per heavy atom. The third-order valence-corrected chi connectivity index (χ3v) is 3.30. The van der Waals surface area contributed by atoms with Gasteiger partial charge >= 0.3 is 0 Å². The Morgan fingerprint density at radius 3 is 3.08 bits per heavy atom. The van der Waals surface area contributed by atoms with Crippen molar-refractivity contribution in [1.29, 1.82) is 0 Å². The summed E-state index contributed by atoms with van der Waals surface area (Å²) in [4.78, 5) is 13.0. The van der Waals surface area contributed by atoms with Crippen LogP contribution in [0.2, 0.25) is 0 Å². The minimum atomic E-state index is 0.0576. The first-order valence-electron chi connectivity index (χ1n) is 3.79. The van der Waals surface area contributed by atoms with Crippen LogP contribution in [0.25, 0.3) is 0 Å². The minimum absolute atomic E-state index is 0.0576. The summed E-state index contributed by atoms with van der Waals surface area (Å²) in [5, 5.41) is 0. The van der Waals surface area contributed by atoms with Crippen LogP contribution in [-0.4, -0.2) is 33.3 Å². The van der Waals surface area contributed by atoms with Crippen molar-refractivity contribution in [3.8, 4) is 0 Å². The Kier molecular flexibility index (Phi) is 4.32. The van der Waals surface area contributed by atoms with Gasteiger partial charge in [0.25, 0.3) is 0 Å². The SMILES string of the molecule is O=C(CCCl)N1CCCSC1=S. The van der Waals surface area contributed by atoms with E-state index in [0.29, 0.717) is 16.6 Å². The molecular weight excluding hydrogens is 214 g/mol. The highest BCUT2D eigenvalue weighted by Gasteiger charge is 2.20. The average molecular weight is 224 g/mol. The average Bonchev–Trinajstić information content (AvgIpc) is 2.05. The van der Waals surface area contributed by atoms with Crippen LogP contribution in [-0.2, 0) is 4.79 Å². The van der Waals surface area contributed by atoms with Crippen molar-refractivity contribution in [3.63, 3.8) is 0 Å². The lowest BCUT2D eigenvalue weighted by Crippen LogP contribution is -2.38. The van der Waals surface area contributed by atoms with E-state index < -0.39 is 0 Å². The molecule has 1 aliphatic heterocycles. The predicted octanol–water partition coefficient (Wildman–Crippen LogP) is 1.87. The van der Waals surface area contributed by atoms with E-state index in [1.165, 1.54) is 0 Å². The van der Waals surface area contributed by atoms with Crippen LogP contribution >= 0.6 is 35.6 Å². The molecule has 1 heterocycles. The van der Waals surface area contributed by atoms with E-state index in [1.54, 1.807) is 16.7 Å². The number of rotatable bonds is 2. The monoisotopic (exact) mass is 223 g/mol. The second-order valence-corrected chi connectivity index (χ2v) is 4.56. The molecule has 0 radical (unpaired) electrons. The molecule has 0 aromatic rings. The van der Waals surface area contributed by atoms with Gasteiger partial charge in [0.05, 0.1) is 0 Å².